The molecule has 3 aromatic carbocycles. The van der Waals surface area contributed by atoms with Crippen LogP contribution in [0.25, 0.3) is 10.2 Å². The number of carbonyl (C=O) groups is 1. The highest BCUT2D eigenvalue weighted by Crippen LogP contribution is 2.26. The summed E-state index contributed by atoms with van der Waals surface area (Å²) in [6.07, 6.45) is 0. The Kier molecular flexibility index (Phi) is 6.21. The zero-order valence-electron chi connectivity index (χ0n) is 18.1. The van der Waals surface area contributed by atoms with Crippen LogP contribution < -0.4 is 19.0 Å². The summed E-state index contributed by atoms with van der Waals surface area (Å²) in [5.74, 6) is 0.756. The fourth-order valence-electron chi connectivity index (χ4n) is 3.28. The molecule has 1 amide bonds. The van der Waals surface area contributed by atoms with Crippen molar-refractivity contribution in [2.24, 2.45) is 12.0 Å². The van der Waals surface area contributed by atoms with Crippen molar-refractivity contribution >= 4 is 43.2 Å². The number of methoxy groups -OCH3 is 2. The molecule has 0 unspecified atom stereocenters. The predicted molar refractivity (Wildman–Crippen MR) is 127 cm³/mol. The number of nitrogens with one attached hydrogen (secondary N) is 1. The molecule has 10 heteroatoms. The average Bonchev–Trinajstić information content (AvgIpc) is 3.14. The van der Waals surface area contributed by atoms with Crippen LogP contribution in [0.3, 0.4) is 0 Å². The maximum atomic E-state index is 12.9. The summed E-state index contributed by atoms with van der Waals surface area (Å²) >= 11 is 1.36. The number of sulfonamides is 1. The molecule has 0 aliphatic rings. The quantitative estimate of drug-likeness (QED) is 0.450. The number of ether oxygens (including phenoxy) is 2. The Balaban J connectivity index is 1.63. The van der Waals surface area contributed by atoms with Crippen molar-refractivity contribution in [1.82, 2.24) is 4.57 Å². The molecule has 0 fully saturated rings. The molecule has 0 bridgehead atoms. The van der Waals surface area contributed by atoms with Crippen molar-refractivity contribution in [1.29, 1.82) is 0 Å². The number of hydrogen-bond acceptors (Lipinski definition) is 6. The van der Waals surface area contributed by atoms with Crippen molar-refractivity contribution in [3.8, 4) is 11.5 Å². The molecule has 1 heterocycles. The Hall–Kier alpha value is -3.63. The summed E-state index contributed by atoms with van der Waals surface area (Å²) in [6.45, 7) is 0. The second-order valence-corrected chi connectivity index (χ2v) is 9.72. The summed E-state index contributed by atoms with van der Waals surface area (Å²) in [6, 6.07) is 17.9. The first-order chi connectivity index (χ1) is 15.8. The molecule has 0 aliphatic carbocycles. The van der Waals surface area contributed by atoms with Crippen LogP contribution in [0, 0.1) is 0 Å². The first-order valence-corrected chi connectivity index (χ1v) is 12.1. The minimum Gasteiger partial charge on any atom is -0.497 e. The highest BCUT2D eigenvalue weighted by atomic mass is 32.2. The van der Waals surface area contributed by atoms with Gasteiger partial charge >= 0.3 is 0 Å². The number of anilines is 1. The van der Waals surface area contributed by atoms with E-state index < -0.39 is 15.9 Å². The first-order valence-electron chi connectivity index (χ1n) is 9.81. The van der Waals surface area contributed by atoms with Gasteiger partial charge in [0.15, 0.2) is 4.80 Å². The summed E-state index contributed by atoms with van der Waals surface area (Å²) < 4.78 is 41.1. The molecule has 0 atom stereocenters. The fourth-order valence-corrected chi connectivity index (χ4v) is 5.36. The molecule has 1 aromatic heterocycles. The van der Waals surface area contributed by atoms with Gasteiger partial charge in [-0.15, -0.1) is 0 Å². The van der Waals surface area contributed by atoms with Crippen molar-refractivity contribution in [2.75, 3.05) is 18.9 Å². The third-order valence-electron chi connectivity index (χ3n) is 4.93. The zero-order chi connectivity index (χ0) is 23.6. The van der Waals surface area contributed by atoms with Crippen molar-refractivity contribution in [3.63, 3.8) is 0 Å². The Morgan fingerprint density at radius 3 is 2.42 bits per heavy atom. The van der Waals surface area contributed by atoms with Gasteiger partial charge in [-0.1, -0.05) is 23.5 Å². The van der Waals surface area contributed by atoms with Gasteiger partial charge in [0.1, 0.15) is 17.0 Å². The number of para-hydroxylation sites is 1. The largest absolute Gasteiger partial charge is 0.497 e. The van der Waals surface area contributed by atoms with E-state index in [1.807, 2.05) is 25.2 Å². The van der Waals surface area contributed by atoms with Crippen LogP contribution in [-0.4, -0.2) is 33.1 Å². The third-order valence-corrected chi connectivity index (χ3v) is 7.43. The van der Waals surface area contributed by atoms with Gasteiger partial charge < -0.3 is 14.0 Å². The second kappa shape index (κ2) is 9.08. The Morgan fingerprint density at radius 1 is 1.00 bits per heavy atom. The van der Waals surface area contributed by atoms with Crippen LogP contribution in [0.2, 0.25) is 0 Å². The van der Waals surface area contributed by atoms with Gasteiger partial charge in [0.25, 0.3) is 15.9 Å². The lowest BCUT2D eigenvalue weighted by molar-refractivity contribution is 0.0998. The van der Waals surface area contributed by atoms with Crippen LogP contribution in [0.4, 0.5) is 5.69 Å². The maximum absolute atomic E-state index is 12.9. The van der Waals surface area contributed by atoms with Crippen LogP contribution >= 0.6 is 11.3 Å². The Bertz CT molecular complexity index is 1500. The molecule has 4 rings (SSSR count). The first kappa shape index (κ1) is 22.6. The van der Waals surface area contributed by atoms with E-state index in [-0.39, 0.29) is 16.1 Å². The van der Waals surface area contributed by atoms with Gasteiger partial charge in [-0.2, -0.15) is 4.99 Å². The van der Waals surface area contributed by atoms with Gasteiger partial charge in [-0.3, -0.25) is 9.52 Å². The second-order valence-electron chi connectivity index (χ2n) is 7.03. The number of amides is 1. The lowest BCUT2D eigenvalue weighted by atomic mass is 10.2. The standard InChI is InChI=1S/C23H21N3O5S2/c1-26-21-19(31-3)8-5-9-20(21)32-23(26)24-22(27)15-6-4-7-16(14-15)25-33(28,29)18-12-10-17(30-2)11-13-18/h4-14,25H,1-3H3. The summed E-state index contributed by atoms with van der Waals surface area (Å²) in [5.41, 5.74) is 1.36. The van der Waals surface area contributed by atoms with Crippen LogP contribution in [0.5, 0.6) is 11.5 Å². The Morgan fingerprint density at radius 2 is 1.73 bits per heavy atom. The minimum atomic E-state index is -3.83. The van der Waals surface area contributed by atoms with Crippen molar-refractivity contribution < 1.29 is 22.7 Å². The molecular formula is C23H21N3O5S2. The molecule has 0 radical (unpaired) electrons. The number of rotatable bonds is 6. The van der Waals surface area contributed by atoms with E-state index in [2.05, 4.69) is 9.71 Å². The topological polar surface area (TPSA) is 99.0 Å². The van der Waals surface area contributed by atoms with Crippen molar-refractivity contribution in [3.05, 3.63) is 77.1 Å². The van der Waals surface area contributed by atoms with E-state index in [4.69, 9.17) is 9.47 Å². The Labute approximate surface area is 194 Å². The monoisotopic (exact) mass is 483 g/mol. The van der Waals surface area contributed by atoms with E-state index in [1.54, 1.807) is 42.0 Å². The lowest BCUT2D eigenvalue weighted by Gasteiger charge is -2.09. The predicted octanol–water partition coefficient (Wildman–Crippen LogP) is 3.80. The van der Waals surface area contributed by atoms with Gasteiger partial charge in [0.05, 0.1) is 23.8 Å². The molecule has 8 nitrogen and oxygen atoms in total. The van der Waals surface area contributed by atoms with Gasteiger partial charge in [0.2, 0.25) is 0 Å². The van der Waals surface area contributed by atoms with E-state index in [0.29, 0.717) is 16.3 Å². The van der Waals surface area contributed by atoms with E-state index in [9.17, 15) is 13.2 Å². The number of benzene rings is 3. The van der Waals surface area contributed by atoms with Gasteiger partial charge in [-0.05, 0) is 54.6 Å². The zero-order valence-corrected chi connectivity index (χ0v) is 19.7. The SMILES string of the molecule is COc1ccc(S(=O)(=O)Nc2cccc(C(=O)N=c3sc4cccc(OC)c4n3C)c2)cc1. The van der Waals surface area contributed by atoms with E-state index in [0.717, 1.165) is 10.2 Å². The van der Waals surface area contributed by atoms with E-state index in [1.165, 1.54) is 36.6 Å². The molecular weight excluding hydrogens is 462 g/mol. The number of aromatic nitrogens is 1. The highest BCUT2D eigenvalue weighted by Gasteiger charge is 2.16. The average molecular weight is 484 g/mol. The maximum Gasteiger partial charge on any atom is 0.279 e. The number of nitrogens with zero attached hydrogens (tertiary/aromatic N) is 2. The molecule has 170 valence electrons. The molecule has 0 saturated carbocycles. The van der Waals surface area contributed by atoms with Crippen LogP contribution in [0.1, 0.15) is 10.4 Å². The summed E-state index contributed by atoms with van der Waals surface area (Å²) in [7, 11) is 1.07. The normalized spacial score (nSPS) is 12.0. The number of carbonyl (C=O) groups excluding carboxylic acids is 1. The number of hydrogen-bond donors (Lipinski definition) is 1. The van der Waals surface area contributed by atoms with Crippen molar-refractivity contribution in [2.45, 2.75) is 4.90 Å². The van der Waals surface area contributed by atoms with E-state index >= 15 is 0 Å². The smallest absolute Gasteiger partial charge is 0.279 e. The molecule has 33 heavy (non-hydrogen) atoms. The lowest BCUT2D eigenvalue weighted by Crippen LogP contribution is -2.15. The number of thiazole rings is 1. The molecule has 0 saturated heterocycles. The molecule has 1 N–H and O–H groups in total. The number of aryl methyl sites for hydroxylation is 1. The summed E-state index contributed by atoms with van der Waals surface area (Å²) in [5, 5.41) is 0. The molecule has 0 aliphatic heterocycles. The van der Waals surface area contributed by atoms with Gasteiger partial charge in [-0.25, -0.2) is 8.42 Å². The van der Waals surface area contributed by atoms with Crippen LogP contribution in [0.15, 0.2) is 76.6 Å². The third kappa shape index (κ3) is 4.62. The molecule has 4 aromatic rings. The van der Waals surface area contributed by atoms with Crippen LogP contribution in [-0.2, 0) is 17.1 Å². The summed E-state index contributed by atoms with van der Waals surface area (Å²) in [4.78, 5) is 17.7. The minimum absolute atomic E-state index is 0.0796. The fraction of sp³-hybridized carbons (Fsp3) is 0.130. The van der Waals surface area contributed by atoms with Gasteiger partial charge in [0, 0.05) is 18.3 Å². The number of fused-ring (bicyclic) bond motifs is 1. The molecule has 0 spiro atoms. The highest BCUT2D eigenvalue weighted by molar-refractivity contribution is 7.92.